The first-order valence-electron chi connectivity index (χ1n) is 4.06. The van der Waals surface area contributed by atoms with Crippen LogP contribution < -0.4 is 5.73 Å². The molecular formula is C9H13FN2. The Balaban J connectivity index is 3.04. The number of aromatic nitrogens is 1. The molecule has 0 aliphatic rings. The molecule has 1 aromatic heterocycles. The molecule has 1 heterocycles. The van der Waals surface area contributed by atoms with Crippen molar-refractivity contribution in [3.8, 4) is 0 Å². The summed E-state index contributed by atoms with van der Waals surface area (Å²) in [7, 11) is 0. The zero-order valence-corrected chi connectivity index (χ0v) is 7.34. The summed E-state index contributed by atoms with van der Waals surface area (Å²) in [6.45, 7) is 4.04. The second kappa shape index (κ2) is 3.52. The monoisotopic (exact) mass is 168 g/mol. The zero-order chi connectivity index (χ0) is 9.14. The molecule has 0 spiro atoms. The van der Waals surface area contributed by atoms with Crippen molar-refractivity contribution < 1.29 is 4.39 Å². The Morgan fingerprint density at radius 2 is 2.33 bits per heavy atom. The van der Waals surface area contributed by atoms with Crippen molar-refractivity contribution in [1.82, 2.24) is 4.98 Å². The molecule has 0 amide bonds. The van der Waals surface area contributed by atoms with Crippen molar-refractivity contribution in [3.05, 3.63) is 23.6 Å². The van der Waals surface area contributed by atoms with E-state index in [2.05, 4.69) is 4.98 Å². The predicted molar refractivity (Wildman–Crippen MR) is 47.3 cm³/mol. The highest BCUT2D eigenvalue weighted by atomic mass is 19.1. The molecule has 2 N–H and O–H groups in total. The average Bonchev–Trinajstić information content (AvgIpc) is 2.08. The minimum Gasteiger partial charge on any atom is -0.383 e. The summed E-state index contributed by atoms with van der Waals surface area (Å²) in [6, 6.07) is 1.45. The molecule has 1 atom stereocenters. The van der Waals surface area contributed by atoms with Gasteiger partial charge in [-0.05, 0) is 24.0 Å². The van der Waals surface area contributed by atoms with Gasteiger partial charge in [0.05, 0.1) is 6.20 Å². The number of nitrogens with zero attached hydrogens (tertiary/aromatic N) is 1. The van der Waals surface area contributed by atoms with E-state index in [0.29, 0.717) is 5.82 Å². The first-order valence-corrected chi connectivity index (χ1v) is 4.06. The smallest absolute Gasteiger partial charge is 0.141 e. The van der Waals surface area contributed by atoms with Crippen LogP contribution in [0.15, 0.2) is 12.3 Å². The van der Waals surface area contributed by atoms with Crippen LogP contribution in [-0.2, 0) is 0 Å². The van der Waals surface area contributed by atoms with Gasteiger partial charge in [0.15, 0.2) is 0 Å². The van der Waals surface area contributed by atoms with Gasteiger partial charge in [0.1, 0.15) is 11.6 Å². The summed E-state index contributed by atoms with van der Waals surface area (Å²) < 4.78 is 12.7. The molecule has 12 heavy (non-hydrogen) atoms. The minimum atomic E-state index is -0.320. The van der Waals surface area contributed by atoms with Crippen LogP contribution in [0.2, 0.25) is 0 Å². The number of anilines is 1. The lowest BCUT2D eigenvalue weighted by Gasteiger charge is -2.10. The third-order valence-corrected chi connectivity index (χ3v) is 2.06. The van der Waals surface area contributed by atoms with E-state index in [9.17, 15) is 4.39 Å². The van der Waals surface area contributed by atoms with E-state index in [0.717, 1.165) is 18.2 Å². The van der Waals surface area contributed by atoms with Crippen molar-refractivity contribution in [1.29, 1.82) is 0 Å². The number of halogens is 1. The minimum absolute atomic E-state index is 0.271. The number of hydrogen-bond donors (Lipinski definition) is 1. The molecule has 0 unspecified atom stereocenters. The molecule has 1 aromatic rings. The molecule has 0 aliphatic carbocycles. The molecule has 3 heteroatoms. The number of nitrogens with two attached hydrogens (primary N) is 1. The molecule has 0 radical (unpaired) electrons. The second-order valence-corrected chi connectivity index (χ2v) is 2.94. The van der Waals surface area contributed by atoms with E-state index in [1.165, 1.54) is 6.07 Å². The Bertz CT molecular complexity index is 273. The Morgan fingerprint density at radius 1 is 1.67 bits per heavy atom. The fourth-order valence-electron chi connectivity index (χ4n) is 1.08. The predicted octanol–water partition coefficient (Wildman–Crippen LogP) is 2.32. The van der Waals surface area contributed by atoms with E-state index < -0.39 is 0 Å². The lowest BCUT2D eigenvalue weighted by Crippen LogP contribution is -2.01. The summed E-state index contributed by atoms with van der Waals surface area (Å²) >= 11 is 0. The number of hydrogen-bond acceptors (Lipinski definition) is 2. The Labute approximate surface area is 71.6 Å². The maximum absolute atomic E-state index is 12.7. The molecular weight excluding hydrogens is 155 g/mol. The van der Waals surface area contributed by atoms with Crippen molar-refractivity contribution >= 4 is 5.82 Å². The summed E-state index contributed by atoms with van der Waals surface area (Å²) in [5.74, 6) is 0.387. The van der Waals surface area contributed by atoms with Crippen LogP contribution in [0.4, 0.5) is 10.2 Å². The average molecular weight is 168 g/mol. The lowest BCUT2D eigenvalue weighted by atomic mass is 9.99. The highest BCUT2D eigenvalue weighted by molar-refractivity contribution is 5.41. The summed E-state index contributed by atoms with van der Waals surface area (Å²) in [5, 5.41) is 0. The molecule has 1 rings (SSSR count). The molecule has 0 fully saturated rings. The first-order chi connectivity index (χ1) is 5.65. The number of rotatable bonds is 2. The van der Waals surface area contributed by atoms with Gasteiger partial charge in [-0.15, -0.1) is 0 Å². The standard InChI is InChI=1S/C9H13FN2/c1-3-6(2)8-4-7(10)5-12-9(8)11/h4-6H,3H2,1-2H3,(H2,11,12)/t6-/m0/s1. The van der Waals surface area contributed by atoms with E-state index in [1.54, 1.807) is 0 Å². The van der Waals surface area contributed by atoms with E-state index in [-0.39, 0.29) is 11.7 Å². The Morgan fingerprint density at radius 3 is 2.92 bits per heavy atom. The van der Waals surface area contributed by atoms with Crippen LogP contribution in [-0.4, -0.2) is 4.98 Å². The SMILES string of the molecule is CC[C@H](C)c1cc(F)cnc1N. The molecule has 2 nitrogen and oxygen atoms in total. The quantitative estimate of drug-likeness (QED) is 0.736. The molecule has 0 aliphatic heterocycles. The summed E-state index contributed by atoms with van der Waals surface area (Å²) in [5.41, 5.74) is 6.39. The molecule has 0 aromatic carbocycles. The van der Waals surface area contributed by atoms with Crippen LogP contribution in [0, 0.1) is 5.82 Å². The lowest BCUT2D eigenvalue weighted by molar-refractivity contribution is 0.613. The maximum Gasteiger partial charge on any atom is 0.141 e. The van der Waals surface area contributed by atoms with Gasteiger partial charge >= 0.3 is 0 Å². The van der Waals surface area contributed by atoms with Crippen molar-refractivity contribution in [2.24, 2.45) is 0 Å². The van der Waals surface area contributed by atoms with Gasteiger partial charge in [-0.3, -0.25) is 0 Å². The van der Waals surface area contributed by atoms with Gasteiger partial charge in [0, 0.05) is 0 Å². The molecule has 0 saturated carbocycles. The van der Waals surface area contributed by atoms with Gasteiger partial charge in [0.2, 0.25) is 0 Å². The molecule has 0 bridgehead atoms. The van der Waals surface area contributed by atoms with E-state index >= 15 is 0 Å². The van der Waals surface area contributed by atoms with Crippen LogP contribution in [0.5, 0.6) is 0 Å². The number of pyridine rings is 1. The van der Waals surface area contributed by atoms with E-state index in [4.69, 9.17) is 5.73 Å². The van der Waals surface area contributed by atoms with E-state index in [1.807, 2.05) is 13.8 Å². The van der Waals surface area contributed by atoms with Crippen LogP contribution >= 0.6 is 0 Å². The highest BCUT2D eigenvalue weighted by Crippen LogP contribution is 2.23. The summed E-state index contributed by atoms with van der Waals surface area (Å²) in [6.07, 6.45) is 2.08. The molecule has 66 valence electrons. The highest BCUT2D eigenvalue weighted by Gasteiger charge is 2.08. The van der Waals surface area contributed by atoms with Gasteiger partial charge < -0.3 is 5.73 Å². The Kier molecular flexibility index (Phi) is 2.63. The van der Waals surface area contributed by atoms with Gasteiger partial charge in [-0.2, -0.15) is 0 Å². The van der Waals surface area contributed by atoms with Gasteiger partial charge in [-0.1, -0.05) is 13.8 Å². The fraction of sp³-hybridized carbons (Fsp3) is 0.444. The first kappa shape index (κ1) is 8.97. The van der Waals surface area contributed by atoms with Crippen LogP contribution in [0.3, 0.4) is 0 Å². The van der Waals surface area contributed by atoms with Crippen LogP contribution in [0.1, 0.15) is 31.7 Å². The normalized spacial score (nSPS) is 12.9. The number of nitrogen functional groups attached to an aromatic ring is 1. The van der Waals surface area contributed by atoms with Gasteiger partial charge in [0.25, 0.3) is 0 Å². The third kappa shape index (κ3) is 1.72. The summed E-state index contributed by atoms with van der Waals surface area (Å²) in [4.78, 5) is 3.75. The maximum atomic E-state index is 12.7. The largest absolute Gasteiger partial charge is 0.383 e. The Hall–Kier alpha value is -1.12. The fourth-order valence-corrected chi connectivity index (χ4v) is 1.08. The zero-order valence-electron chi connectivity index (χ0n) is 7.34. The van der Waals surface area contributed by atoms with Crippen LogP contribution in [0.25, 0.3) is 0 Å². The topological polar surface area (TPSA) is 38.9 Å². The van der Waals surface area contributed by atoms with Crippen molar-refractivity contribution in [2.75, 3.05) is 5.73 Å². The third-order valence-electron chi connectivity index (χ3n) is 2.06. The second-order valence-electron chi connectivity index (χ2n) is 2.94. The van der Waals surface area contributed by atoms with Crippen molar-refractivity contribution in [2.45, 2.75) is 26.2 Å². The van der Waals surface area contributed by atoms with Crippen molar-refractivity contribution in [3.63, 3.8) is 0 Å². The molecule has 0 saturated heterocycles. The van der Waals surface area contributed by atoms with Gasteiger partial charge in [-0.25, -0.2) is 9.37 Å².